The van der Waals surface area contributed by atoms with Gasteiger partial charge in [0.2, 0.25) is 5.91 Å². The van der Waals surface area contributed by atoms with Gasteiger partial charge in [-0.15, -0.1) is 0 Å². The first-order valence-corrected chi connectivity index (χ1v) is 7.91. The second-order valence-electron chi connectivity index (χ2n) is 6.08. The summed E-state index contributed by atoms with van der Waals surface area (Å²) < 4.78 is 13.2. The molecule has 124 valence electrons. The van der Waals surface area contributed by atoms with E-state index in [-0.39, 0.29) is 11.5 Å². The summed E-state index contributed by atoms with van der Waals surface area (Å²) in [5, 5.41) is 2.70. The predicted octanol–water partition coefficient (Wildman–Crippen LogP) is 2.98. The van der Waals surface area contributed by atoms with Crippen LogP contribution in [0.1, 0.15) is 27.9 Å². The third kappa shape index (κ3) is 3.15. The topological polar surface area (TPSA) is 49.4 Å². The predicted molar refractivity (Wildman–Crippen MR) is 90.5 cm³/mol. The highest BCUT2D eigenvalue weighted by atomic mass is 19.1. The third-order valence-electron chi connectivity index (χ3n) is 4.40. The van der Waals surface area contributed by atoms with Gasteiger partial charge in [0.05, 0.1) is 0 Å². The van der Waals surface area contributed by atoms with Gasteiger partial charge in [-0.1, -0.05) is 12.1 Å². The Morgan fingerprint density at radius 2 is 1.96 bits per heavy atom. The Bertz CT molecular complexity index is 804. The number of nitrogens with zero attached hydrogens (tertiary/aromatic N) is 1. The van der Waals surface area contributed by atoms with Crippen molar-refractivity contribution >= 4 is 17.5 Å². The molecule has 1 saturated heterocycles. The van der Waals surface area contributed by atoms with E-state index in [0.717, 1.165) is 17.3 Å². The van der Waals surface area contributed by atoms with Gasteiger partial charge < -0.3 is 10.2 Å². The number of benzene rings is 2. The molecule has 4 nitrogen and oxygen atoms in total. The highest BCUT2D eigenvalue weighted by Gasteiger charge is 2.33. The van der Waals surface area contributed by atoms with Crippen molar-refractivity contribution in [3.63, 3.8) is 0 Å². The van der Waals surface area contributed by atoms with Crippen molar-refractivity contribution in [1.82, 2.24) is 5.32 Å². The fourth-order valence-electron chi connectivity index (χ4n) is 2.84. The number of nitrogens with one attached hydrogen (secondary N) is 1. The molecule has 1 aliphatic heterocycles. The van der Waals surface area contributed by atoms with Crippen molar-refractivity contribution < 1.29 is 14.0 Å². The SMILES string of the molecule is Cc1ccc(N2CC[C@@H](NC(=O)c3cccc(F)c3)C2=O)cc1C. The van der Waals surface area contributed by atoms with Gasteiger partial charge >= 0.3 is 0 Å². The first-order valence-electron chi connectivity index (χ1n) is 7.91. The zero-order chi connectivity index (χ0) is 17.3. The van der Waals surface area contributed by atoms with Gasteiger partial charge in [-0.05, 0) is 61.7 Å². The summed E-state index contributed by atoms with van der Waals surface area (Å²) in [5.74, 6) is -1.05. The zero-order valence-electron chi connectivity index (χ0n) is 13.7. The van der Waals surface area contributed by atoms with E-state index in [0.29, 0.717) is 13.0 Å². The normalized spacial score (nSPS) is 17.2. The molecule has 5 heteroatoms. The van der Waals surface area contributed by atoms with Crippen LogP contribution in [0.25, 0.3) is 0 Å². The van der Waals surface area contributed by atoms with E-state index in [1.165, 1.54) is 23.8 Å². The third-order valence-corrected chi connectivity index (χ3v) is 4.40. The van der Waals surface area contributed by atoms with Crippen LogP contribution in [0.15, 0.2) is 42.5 Å². The number of aryl methyl sites for hydroxylation is 2. The van der Waals surface area contributed by atoms with Crippen LogP contribution in [0.3, 0.4) is 0 Å². The number of anilines is 1. The molecule has 3 rings (SSSR count). The van der Waals surface area contributed by atoms with E-state index in [1.807, 2.05) is 32.0 Å². The van der Waals surface area contributed by atoms with E-state index in [2.05, 4.69) is 5.32 Å². The van der Waals surface area contributed by atoms with E-state index in [4.69, 9.17) is 0 Å². The summed E-state index contributed by atoms with van der Waals surface area (Å²) in [6.45, 7) is 4.57. The molecule has 1 N–H and O–H groups in total. The molecule has 0 radical (unpaired) electrons. The molecule has 0 spiro atoms. The number of carbonyl (C=O) groups is 2. The molecule has 0 unspecified atom stereocenters. The summed E-state index contributed by atoms with van der Waals surface area (Å²) in [4.78, 5) is 26.4. The number of carbonyl (C=O) groups excluding carboxylic acids is 2. The highest BCUT2D eigenvalue weighted by molar-refractivity contribution is 6.03. The summed E-state index contributed by atoms with van der Waals surface area (Å²) in [7, 11) is 0. The van der Waals surface area contributed by atoms with Crippen molar-refractivity contribution in [2.75, 3.05) is 11.4 Å². The molecule has 1 fully saturated rings. The maximum absolute atomic E-state index is 13.2. The maximum Gasteiger partial charge on any atom is 0.252 e. The van der Waals surface area contributed by atoms with Crippen molar-refractivity contribution in [3.8, 4) is 0 Å². The lowest BCUT2D eigenvalue weighted by molar-refractivity contribution is -0.118. The van der Waals surface area contributed by atoms with Crippen LogP contribution in [-0.4, -0.2) is 24.4 Å². The van der Waals surface area contributed by atoms with Crippen molar-refractivity contribution in [3.05, 3.63) is 65.0 Å². The van der Waals surface area contributed by atoms with Crippen LogP contribution in [0.5, 0.6) is 0 Å². The molecule has 0 aromatic heterocycles. The number of rotatable bonds is 3. The highest BCUT2D eigenvalue weighted by Crippen LogP contribution is 2.24. The Hall–Kier alpha value is -2.69. The minimum Gasteiger partial charge on any atom is -0.340 e. The van der Waals surface area contributed by atoms with Gasteiger partial charge in [-0.25, -0.2) is 4.39 Å². The van der Waals surface area contributed by atoms with Gasteiger partial charge in [0, 0.05) is 17.8 Å². The molecular weight excluding hydrogens is 307 g/mol. The number of hydrogen-bond acceptors (Lipinski definition) is 2. The lowest BCUT2D eigenvalue weighted by Crippen LogP contribution is -2.41. The summed E-state index contributed by atoms with van der Waals surface area (Å²) >= 11 is 0. The lowest BCUT2D eigenvalue weighted by atomic mass is 10.1. The van der Waals surface area contributed by atoms with E-state index in [1.54, 1.807) is 4.90 Å². The molecular formula is C19H19FN2O2. The van der Waals surface area contributed by atoms with Crippen LogP contribution < -0.4 is 10.2 Å². The Labute approximate surface area is 140 Å². The molecule has 1 atom stereocenters. The Morgan fingerprint density at radius 3 is 2.67 bits per heavy atom. The van der Waals surface area contributed by atoms with E-state index in [9.17, 15) is 14.0 Å². The molecule has 2 aromatic carbocycles. The average molecular weight is 326 g/mol. The van der Waals surface area contributed by atoms with Gasteiger partial charge in [0.15, 0.2) is 0 Å². The number of hydrogen-bond donors (Lipinski definition) is 1. The van der Waals surface area contributed by atoms with Gasteiger partial charge in [0.25, 0.3) is 5.91 Å². The smallest absolute Gasteiger partial charge is 0.252 e. The van der Waals surface area contributed by atoms with Gasteiger partial charge in [0.1, 0.15) is 11.9 Å². The minimum absolute atomic E-state index is 0.136. The summed E-state index contributed by atoms with van der Waals surface area (Å²) in [6, 6.07) is 10.7. The Balaban J connectivity index is 1.72. The second-order valence-corrected chi connectivity index (χ2v) is 6.08. The second kappa shape index (κ2) is 6.43. The standard InChI is InChI=1S/C19H19FN2O2/c1-12-6-7-16(10-13(12)2)22-9-8-17(19(22)24)21-18(23)14-4-3-5-15(20)11-14/h3-7,10-11,17H,8-9H2,1-2H3,(H,21,23)/t17-/m1/s1. The van der Waals surface area contributed by atoms with Crippen molar-refractivity contribution in [2.24, 2.45) is 0 Å². The fourth-order valence-corrected chi connectivity index (χ4v) is 2.84. The number of halogens is 1. The van der Waals surface area contributed by atoms with Crippen molar-refractivity contribution in [2.45, 2.75) is 26.3 Å². The minimum atomic E-state index is -0.581. The van der Waals surface area contributed by atoms with Crippen molar-refractivity contribution in [1.29, 1.82) is 0 Å². The largest absolute Gasteiger partial charge is 0.340 e. The summed E-state index contributed by atoms with van der Waals surface area (Å²) in [5.41, 5.74) is 3.34. The van der Waals surface area contributed by atoms with E-state index >= 15 is 0 Å². The monoisotopic (exact) mass is 326 g/mol. The first-order chi connectivity index (χ1) is 11.5. The van der Waals surface area contributed by atoms with Crippen LogP contribution >= 0.6 is 0 Å². The number of amides is 2. The average Bonchev–Trinajstić information content (AvgIpc) is 2.91. The molecule has 0 saturated carbocycles. The quantitative estimate of drug-likeness (QED) is 0.943. The molecule has 1 heterocycles. The molecule has 2 aromatic rings. The molecule has 0 bridgehead atoms. The van der Waals surface area contributed by atoms with Gasteiger partial charge in [-0.3, -0.25) is 9.59 Å². The molecule has 0 aliphatic carbocycles. The molecule has 24 heavy (non-hydrogen) atoms. The maximum atomic E-state index is 13.2. The molecule has 2 amide bonds. The van der Waals surface area contributed by atoms with Crippen LogP contribution in [-0.2, 0) is 4.79 Å². The molecule has 1 aliphatic rings. The summed E-state index contributed by atoms with van der Waals surface area (Å²) in [6.07, 6.45) is 0.535. The van der Waals surface area contributed by atoms with Crippen LogP contribution in [0.4, 0.5) is 10.1 Å². The lowest BCUT2D eigenvalue weighted by Gasteiger charge is -2.18. The van der Waals surface area contributed by atoms with E-state index < -0.39 is 17.8 Å². The Kier molecular flexibility index (Phi) is 4.34. The fraction of sp³-hybridized carbons (Fsp3) is 0.263. The Morgan fingerprint density at radius 1 is 1.17 bits per heavy atom. The van der Waals surface area contributed by atoms with Crippen LogP contribution in [0, 0.1) is 19.7 Å². The zero-order valence-corrected chi connectivity index (χ0v) is 13.7. The first kappa shape index (κ1) is 16.2. The van der Waals surface area contributed by atoms with Gasteiger partial charge in [-0.2, -0.15) is 0 Å². The van der Waals surface area contributed by atoms with Crippen LogP contribution in [0.2, 0.25) is 0 Å².